The van der Waals surface area contributed by atoms with Gasteiger partial charge in [0.2, 0.25) is 0 Å². The van der Waals surface area contributed by atoms with Gasteiger partial charge in [-0.2, -0.15) is 0 Å². The topological polar surface area (TPSA) is 167 Å². The molecule has 5 rings (SSSR count). The second-order valence-corrected chi connectivity index (χ2v) is 14.7. The van der Waals surface area contributed by atoms with Crippen LogP contribution in [-0.4, -0.2) is 61.8 Å². The molecule has 0 saturated carbocycles. The van der Waals surface area contributed by atoms with Gasteiger partial charge in [-0.3, -0.25) is 24.4 Å². The number of aromatic amines is 2. The van der Waals surface area contributed by atoms with Gasteiger partial charge in [-0.25, -0.2) is 4.79 Å². The largest absolute Gasteiger partial charge is 0.478 e. The molecule has 3 aromatic heterocycles. The fourth-order valence-corrected chi connectivity index (χ4v) is 7.99. The summed E-state index contributed by atoms with van der Waals surface area (Å²) in [6, 6.07) is 5.76. The van der Waals surface area contributed by atoms with Crippen molar-refractivity contribution in [2.24, 2.45) is 0 Å². The fraction of sp³-hybridized carbons (Fsp3) is 0.524. The third-order valence-electron chi connectivity index (χ3n) is 11.0. The van der Waals surface area contributed by atoms with Gasteiger partial charge >= 0.3 is 11.9 Å². The number of Topliss-reactive ketones (excluding diaryl/α,β-unsaturated/α-hetero) is 1. The van der Waals surface area contributed by atoms with Crippen LogP contribution in [0.15, 0.2) is 18.2 Å². The summed E-state index contributed by atoms with van der Waals surface area (Å²) >= 11 is 0. The highest BCUT2D eigenvalue weighted by Gasteiger charge is 2.35. The lowest BCUT2D eigenvalue weighted by molar-refractivity contribution is -0.143. The lowest BCUT2D eigenvalue weighted by atomic mass is 9.85. The van der Waals surface area contributed by atoms with Gasteiger partial charge in [0, 0.05) is 70.3 Å². The number of aromatic nitrogens is 4. The summed E-state index contributed by atoms with van der Waals surface area (Å²) in [4.78, 5) is 70.3. The molecule has 2 aliphatic rings. The van der Waals surface area contributed by atoms with E-state index in [9.17, 15) is 24.3 Å². The van der Waals surface area contributed by atoms with Gasteiger partial charge in [0.1, 0.15) is 5.56 Å². The van der Waals surface area contributed by atoms with E-state index < -0.39 is 11.9 Å². The Balaban J connectivity index is 1.89. The predicted molar refractivity (Wildman–Crippen MR) is 207 cm³/mol. The van der Waals surface area contributed by atoms with Gasteiger partial charge in [0.15, 0.2) is 5.78 Å². The Bertz CT molecular complexity index is 2060. The van der Waals surface area contributed by atoms with Crippen LogP contribution >= 0.6 is 0 Å². The maximum atomic E-state index is 14.1. The number of carboxylic acids is 1. The third kappa shape index (κ3) is 8.09. The van der Waals surface area contributed by atoms with E-state index in [1.807, 2.05) is 45.9 Å². The lowest BCUT2D eigenvalue weighted by Crippen LogP contribution is -2.25. The number of unbranched alkanes of at least 4 members (excludes halogenated alkanes) is 3. The SMILES string of the molecule is CCCCCCNC(=O)c1c(C)c2cc3nc(cc4[nH]c(cc5nc(c(C(=O)O)c1[nH]2)[C@@H](CCC(=O)OCCC)[C@@H]5C)c(C)c4C(C)=O)[C@H](C)[C@H]3CC. The van der Waals surface area contributed by atoms with E-state index in [0.29, 0.717) is 59.4 Å². The number of carboxylic acid groups (broad SMARTS) is 1. The van der Waals surface area contributed by atoms with E-state index in [1.54, 1.807) is 6.92 Å². The number of rotatable bonds is 14. The highest BCUT2D eigenvalue weighted by molar-refractivity contribution is 6.11. The molecule has 11 nitrogen and oxygen atoms in total. The first kappa shape index (κ1) is 39.4. The molecule has 284 valence electrons. The van der Waals surface area contributed by atoms with Crippen LogP contribution in [0.3, 0.4) is 0 Å². The number of esters is 1. The van der Waals surface area contributed by atoms with E-state index in [-0.39, 0.29) is 64.2 Å². The van der Waals surface area contributed by atoms with Crippen LogP contribution in [0.1, 0.15) is 182 Å². The summed E-state index contributed by atoms with van der Waals surface area (Å²) in [7, 11) is 0. The predicted octanol–water partition coefficient (Wildman–Crippen LogP) is 9.06. The first-order chi connectivity index (χ1) is 25.3. The van der Waals surface area contributed by atoms with Crippen LogP contribution in [0, 0.1) is 13.8 Å². The van der Waals surface area contributed by atoms with Crippen molar-refractivity contribution in [2.75, 3.05) is 13.2 Å². The van der Waals surface area contributed by atoms with Gasteiger partial charge in [-0.15, -0.1) is 0 Å². The van der Waals surface area contributed by atoms with Crippen LogP contribution in [0.4, 0.5) is 0 Å². The molecule has 11 heteroatoms. The maximum absolute atomic E-state index is 14.1. The number of ether oxygens (including phenoxy) is 1. The Morgan fingerprint density at radius 1 is 0.792 bits per heavy atom. The molecule has 2 aliphatic heterocycles. The van der Waals surface area contributed by atoms with Crippen molar-refractivity contribution >= 4 is 45.7 Å². The third-order valence-corrected chi connectivity index (χ3v) is 11.0. The van der Waals surface area contributed by atoms with E-state index in [4.69, 9.17) is 14.7 Å². The number of amides is 1. The number of nitrogens with zero attached hydrogens (tertiary/aromatic N) is 2. The molecule has 0 aliphatic carbocycles. The van der Waals surface area contributed by atoms with Crippen molar-refractivity contribution in [3.05, 3.63) is 68.8 Å². The van der Waals surface area contributed by atoms with Crippen molar-refractivity contribution in [2.45, 2.75) is 130 Å². The van der Waals surface area contributed by atoms with Gasteiger partial charge in [0.05, 0.1) is 28.9 Å². The van der Waals surface area contributed by atoms with Crippen molar-refractivity contribution < 1.29 is 29.0 Å². The first-order valence-electron chi connectivity index (χ1n) is 19.3. The van der Waals surface area contributed by atoms with E-state index in [2.05, 4.69) is 36.1 Å². The van der Waals surface area contributed by atoms with Crippen LogP contribution < -0.4 is 5.32 Å². The number of H-pyrrole nitrogens is 2. The van der Waals surface area contributed by atoms with Crippen molar-refractivity contribution in [1.29, 1.82) is 0 Å². The van der Waals surface area contributed by atoms with Gasteiger partial charge in [-0.1, -0.05) is 53.9 Å². The van der Waals surface area contributed by atoms with E-state index in [0.717, 1.165) is 49.1 Å². The second-order valence-electron chi connectivity index (χ2n) is 14.7. The average Bonchev–Trinajstić information content (AvgIpc) is 3.79. The summed E-state index contributed by atoms with van der Waals surface area (Å²) in [6.45, 7) is 16.3. The second kappa shape index (κ2) is 16.9. The molecule has 0 aromatic carbocycles. The minimum Gasteiger partial charge on any atom is -0.478 e. The number of ketones is 1. The number of carbonyl (C=O) groups excluding carboxylic acids is 3. The quantitative estimate of drug-likeness (QED) is 0.0725. The Morgan fingerprint density at radius 2 is 1.43 bits per heavy atom. The van der Waals surface area contributed by atoms with Crippen molar-refractivity contribution in [1.82, 2.24) is 25.3 Å². The lowest BCUT2D eigenvalue weighted by Gasteiger charge is -2.17. The highest BCUT2D eigenvalue weighted by Crippen LogP contribution is 2.43. The maximum Gasteiger partial charge on any atom is 0.339 e. The standard InChI is InChI=1S/C42H55N5O6/c1-9-12-13-14-17-43-41(50)37-25(7)32-20-33-27(11-3)22(4)29(44-33)21-34-36(26(8)48)24(6)31(45-34)19-30-23(5)28(15-16-35(49)53-18-10-2)39(46-30)38(42(51)52)40(37)47-32/h19-23,27-28,45,47H,9-18H2,1-8H3,(H,43,50)(H,51,52)/t22-,23+,27-,28+/m1/s1. The van der Waals surface area contributed by atoms with Crippen LogP contribution in [0.5, 0.6) is 0 Å². The van der Waals surface area contributed by atoms with Crippen molar-refractivity contribution in [3.63, 3.8) is 0 Å². The molecular formula is C42H55N5O6. The Hall–Kier alpha value is -4.80. The van der Waals surface area contributed by atoms with Crippen LogP contribution in [0.25, 0.3) is 22.1 Å². The molecule has 4 N–H and O–H groups in total. The molecule has 3 aromatic rings. The molecule has 1 amide bonds. The number of aromatic carboxylic acids is 1. The number of aryl methyl sites for hydroxylation is 2. The zero-order chi connectivity index (χ0) is 38.6. The molecule has 0 fully saturated rings. The Morgan fingerprint density at radius 3 is 2.09 bits per heavy atom. The fourth-order valence-electron chi connectivity index (χ4n) is 7.99. The number of hydrogen-bond donors (Lipinski definition) is 4. The van der Waals surface area contributed by atoms with E-state index >= 15 is 0 Å². The number of nitrogens with one attached hydrogen (secondary N) is 3. The summed E-state index contributed by atoms with van der Waals surface area (Å²) in [5, 5.41) is 14.1. The number of hydrogen-bond acceptors (Lipinski definition) is 7. The summed E-state index contributed by atoms with van der Waals surface area (Å²) < 4.78 is 5.38. The molecule has 8 bridgehead atoms. The molecule has 4 atom stereocenters. The van der Waals surface area contributed by atoms with Crippen molar-refractivity contribution in [3.8, 4) is 0 Å². The monoisotopic (exact) mass is 725 g/mol. The zero-order valence-electron chi connectivity index (χ0n) is 32.5. The summed E-state index contributed by atoms with van der Waals surface area (Å²) in [5.41, 5.74) is 6.74. The Labute approximate surface area is 311 Å². The molecule has 0 spiro atoms. The molecule has 5 heterocycles. The number of carbonyl (C=O) groups is 4. The van der Waals surface area contributed by atoms with Crippen LogP contribution in [-0.2, 0) is 9.53 Å². The molecule has 53 heavy (non-hydrogen) atoms. The summed E-state index contributed by atoms with van der Waals surface area (Å²) in [5.74, 6) is -2.72. The Kier molecular flexibility index (Phi) is 12.6. The molecular weight excluding hydrogens is 670 g/mol. The minimum atomic E-state index is -1.23. The summed E-state index contributed by atoms with van der Waals surface area (Å²) in [6.07, 6.45) is 5.79. The van der Waals surface area contributed by atoms with Gasteiger partial charge in [0.25, 0.3) is 5.91 Å². The van der Waals surface area contributed by atoms with Gasteiger partial charge < -0.3 is 25.1 Å². The normalized spacial score (nSPS) is 18.2. The minimum absolute atomic E-state index is 0.0419. The molecule has 0 saturated heterocycles. The average molecular weight is 726 g/mol. The molecule has 0 radical (unpaired) electrons. The molecule has 0 unspecified atom stereocenters. The van der Waals surface area contributed by atoms with E-state index in [1.165, 1.54) is 0 Å². The van der Waals surface area contributed by atoms with Crippen LogP contribution in [0.2, 0.25) is 0 Å². The highest BCUT2D eigenvalue weighted by atomic mass is 16.5. The van der Waals surface area contributed by atoms with Gasteiger partial charge in [-0.05, 0) is 75.8 Å². The first-order valence-corrected chi connectivity index (χ1v) is 19.3. The smallest absolute Gasteiger partial charge is 0.339 e. The zero-order valence-corrected chi connectivity index (χ0v) is 32.5. The number of fused-ring (bicyclic) bond motifs is 8.